The molecule has 0 radical (unpaired) electrons. The van der Waals surface area contributed by atoms with Crippen molar-refractivity contribution in [3.8, 4) is 0 Å². The molecule has 0 fully saturated rings. The molecule has 0 aliphatic carbocycles. The molecule has 19 heavy (non-hydrogen) atoms. The predicted molar refractivity (Wildman–Crippen MR) is 60.0 cm³/mol. The molecule has 1 aromatic rings. The largest absolute Gasteiger partial charge is 1.00 e. The number of carboxylic acids is 1. The van der Waals surface area contributed by atoms with Gasteiger partial charge in [-0.15, -0.1) is 0 Å². The molecular formula is C10H11NaO7S. The van der Waals surface area contributed by atoms with Crippen LogP contribution in [0.15, 0.2) is 23.1 Å². The number of carbonyl (C=O) groups excluding carboxylic acids is 1. The SMILES string of the molecule is COC(=O)c1cc(C(=O)O)cc(S(=O)(=O)OC)c1.[H-].[Na+]. The molecule has 0 bridgehead atoms. The van der Waals surface area contributed by atoms with Crippen LogP contribution < -0.4 is 29.6 Å². The monoisotopic (exact) mass is 298 g/mol. The van der Waals surface area contributed by atoms with Gasteiger partial charge in [-0.1, -0.05) is 0 Å². The van der Waals surface area contributed by atoms with E-state index in [1.54, 1.807) is 0 Å². The van der Waals surface area contributed by atoms with Crippen LogP contribution in [0, 0.1) is 0 Å². The number of carbonyl (C=O) groups is 2. The van der Waals surface area contributed by atoms with Crippen LogP contribution in [-0.4, -0.2) is 39.7 Å². The molecule has 100 valence electrons. The zero-order valence-corrected chi connectivity index (χ0v) is 13.4. The number of esters is 1. The molecule has 7 nitrogen and oxygen atoms in total. The van der Waals surface area contributed by atoms with E-state index in [4.69, 9.17) is 5.11 Å². The summed E-state index contributed by atoms with van der Waals surface area (Å²) >= 11 is 0. The number of methoxy groups -OCH3 is 1. The summed E-state index contributed by atoms with van der Waals surface area (Å²) < 4.78 is 31.6. The number of benzene rings is 1. The number of ether oxygens (including phenoxy) is 1. The summed E-state index contributed by atoms with van der Waals surface area (Å²) in [5.41, 5.74) is -0.540. The smallest absolute Gasteiger partial charge is 1.00 e. The van der Waals surface area contributed by atoms with Crippen molar-refractivity contribution in [1.82, 2.24) is 0 Å². The zero-order chi connectivity index (χ0) is 13.9. The second-order valence-electron chi connectivity index (χ2n) is 3.16. The Labute approximate surface area is 133 Å². The third-order valence-corrected chi connectivity index (χ3v) is 3.33. The number of aromatic carboxylic acids is 1. The van der Waals surface area contributed by atoms with E-state index in [9.17, 15) is 18.0 Å². The van der Waals surface area contributed by atoms with Gasteiger partial charge in [-0.05, 0) is 18.2 Å². The van der Waals surface area contributed by atoms with Gasteiger partial charge in [-0.25, -0.2) is 9.59 Å². The van der Waals surface area contributed by atoms with Gasteiger partial charge < -0.3 is 11.3 Å². The third-order valence-electron chi connectivity index (χ3n) is 2.08. The average Bonchev–Trinajstić information content (AvgIpc) is 2.37. The van der Waals surface area contributed by atoms with Gasteiger partial charge in [0.2, 0.25) is 0 Å². The van der Waals surface area contributed by atoms with E-state index in [0.717, 1.165) is 32.4 Å². The van der Waals surface area contributed by atoms with E-state index >= 15 is 0 Å². The van der Waals surface area contributed by atoms with Crippen molar-refractivity contribution in [2.75, 3.05) is 14.2 Å². The second-order valence-corrected chi connectivity index (χ2v) is 4.88. The van der Waals surface area contributed by atoms with Crippen LogP contribution in [0.5, 0.6) is 0 Å². The van der Waals surface area contributed by atoms with Crippen molar-refractivity contribution in [3.63, 3.8) is 0 Å². The Hall–Kier alpha value is -0.930. The first-order chi connectivity index (χ1) is 8.31. The van der Waals surface area contributed by atoms with Crippen molar-refractivity contribution in [1.29, 1.82) is 0 Å². The Balaban J connectivity index is 0. The summed E-state index contributed by atoms with van der Waals surface area (Å²) in [5, 5.41) is 8.84. The van der Waals surface area contributed by atoms with Gasteiger partial charge in [0.25, 0.3) is 10.1 Å². The van der Waals surface area contributed by atoms with Crippen LogP contribution in [0.1, 0.15) is 22.1 Å². The third kappa shape index (κ3) is 4.29. The fourth-order valence-corrected chi connectivity index (χ4v) is 1.93. The van der Waals surface area contributed by atoms with E-state index in [1.807, 2.05) is 0 Å². The minimum absolute atomic E-state index is 0. The van der Waals surface area contributed by atoms with Crippen molar-refractivity contribution in [2.45, 2.75) is 4.90 Å². The molecule has 0 aliphatic heterocycles. The van der Waals surface area contributed by atoms with E-state index in [2.05, 4.69) is 8.92 Å². The van der Waals surface area contributed by atoms with Gasteiger partial charge in [0.15, 0.2) is 0 Å². The van der Waals surface area contributed by atoms with Crippen LogP contribution in [0.2, 0.25) is 0 Å². The van der Waals surface area contributed by atoms with E-state index < -0.39 is 27.0 Å². The molecular weight excluding hydrogens is 287 g/mol. The molecule has 1 rings (SSSR count). The molecule has 9 heteroatoms. The van der Waals surface area contributed by atoms with Gasteiger partial charge in [0, 0.05) is 0 Å². The Morgan fingerprint density at radius 3 is 2.11 bits per heavy atom. The Kier molecular flexibility index (Phi) is 6.67. The first-order valence-corrected chi connectivity index (χ1v) is 6.00. The summed E-state index contributed by atoms with van der Waals surface area (Å²) in [6.45, 7) is 0. The van der Waals surface area contributed by atoms with Crippen LogP contribution in [0.4, 0.5) is 0 Å². The fraction of sp³-hybridized carbons (Fsp3) is 0.200. The van der Waals surface area contributed by atoms with Gasteiger partial charge in [0.05, 0.1) is 30.2 Å². The van der Waals surface area contributed by atoms with E-state index in [1.165, 1.54) is 0 Å². The average molecular weight is 298 g/mol. The minimum atomic E-state index is -4.09. The van der Waals surface area contributed by atoms with Gasteiger partial charge in [0.1, 0.15) is 0 Å². The Bertz CT molecular complexity index is 600. The first kappa shape index (κ1) is 18.1. The van der Waals surface area contributed by atoms with Crippen molar-refractivity contribution < 1.29 is 63.0 Å². The van der Waals surface area contributed by atoms with Crippen molar-refractivity contribution in [3.05, 3.63) is 29.3 Å². The van der Waals surface area contributed by atoms with Gasteiger partial charge in [-0.3, -0.25) is 4.18 Å². The predicted octanol–water partition coefficient (Wildman–Crippen LogP) is -2.38. The van der Waals surface area contributed by atoms with Crippen LogP contribution in [0.3, 0.4) is 0 Å². The number of rotatable bonds is 4. The summed E-state index contributed by atoms with van der Waals surface area (Å²) in [6.07, 6.45) is 0. The molecule has 0 saturated carbocycles. The summed E-state index contributed by atoms with van der Waals surface area (Å²) in [7, 11) is -2.06. The minimum Gasteiger partial charge on any atom is -1.00 e. The summed E-state index contributed by atoms with van der Waals surface area (Å²) in [5.74, 6) is -2.21. The number of hydrogen-bond acceptors (Lipinski definition) is 6. The van der Waals surface area contributed by atoms with Crippen LogP contribution in [-0.2, 0) is 19.0 Å². The fourth-order valence-electron chi connectivity index (χ4n) is 1.20. The van der Waals surface area contributed by atoms with Gasteiger partial charge >= 0.3 is 41.5 Å². The molecule has 1 N–H and O–H groups in total. The molecule has 0 aliphatic rings. The quantitative estimate of drug-likeness (QED) is 0.376. The Morgan fingerprint density at radius 1 is 1.16 bits per heavy atom. The Morgan fingerprint density at radius 2 is 1.68 bits per heavy atom. The number of hydrogen-bond donors (Lipinski definition) is 1. The standard InChI is InChI=1S/C10H10O7S.Na.H/c1-16-10(13)7-3-6(9(11)12)4-8(5-7)18(14,15)17-2;;/h3-5H,1-2H3,(H,11,12);;/q;+1;-1. The van der Waals surface area contributed by atoms with Crippen LogP contribution in [0.25, 0.3) is 0 Å². The van der Waals surface area contributed by atoms with E-state index in [-0.39, 0.29) is 42.1 Å². The topological polar surface area (TPSA) is 107 Å². The molecule has 0 heterocycles. The molecule has 0 saturated heterocycles. The molecule has 0 spiro atoms. The maximum Gasteiger partial charge on any atom is 1.00 e. The maximum atomic E-state index is 11.5. The van der Waals surface area contributed by atoms with Gasteiger partial charge in [-0.2, -0.15) is 8.42 Å². The second kappa shape index (κ2) is 7.01. The van der Waals surface area contributed by atoms with E-state index in [0.29, 0.717) is 0 Å². The molecule has 0 atom stereocenters. The molecule has 0 amide bonds. The zero-order valence-electron chi connectivity index (χ0n) is 11.5. The first-order valence-electron chi connectivity index (χ1n) is 4.59. The van der Waals surface area contributed by atoms with Crippen LogP contribution >= 0.6 is 0 Å². The van der Waals surface area contributed by atoms with Crippen molar-refractivity contribution >= 4 is 22.1 Å². The molecule has 0 unspecified atom stereocenters. The number of carboxylic acid groups (broad SMARTS) is 1. The normalized spacial score (nSPS) is 10.4. The maximum absolute atomic E-state index is 11.5. The molecule has 1 aromatic carbocycles. The summed E-state index contributed by atoms with van der Waals surface area (Å²) in [4.78, 5) is 21.7. The van der Waals surface area contributed by atoms with Crippen molar-refractivity contribution in [2.24, 2.45) is 0 Å². The summed E-state index contributed by atoms with van der Waals surface area (Å²) in [6, 6.07) is 2.90. The molecule has 0 aromatic heterocycles.